The topological polar surface area (TPSA) is 42.3 Å². The molecule has 0 aliphatic heterocycles. The molecule has 0 bridgehead atoms. The third-order valence-corrected chi connectivity index (χ3v) is 8.23. The Morgan fingerprint density at radius 2 is 1.92 bits per heavy atom. The van der Waals surface area contributed by atoms with Gasteiger partial charge < -0.3 is 4.57 Å². The summed E-state index contributed by atoms with van der Waals surface area (Å²) in [4.78, 5) is 2.13. The minimum Gasteiger partial charge on any atom is -0.353 e. The molecule has 3 heterocycles. The highest BCUT2D eigenvalue weighted by atomic mass is 32.2. The number of thiophene rings is 2. The fourth-order valence-corrected chi connectivity index (χ4v) is 6.10. The van der Waals surface area contributed by atoms with Gasteiger partial charge in [-0.25, -0.2) is 8.42 Å². The van der Waals surface area contributed by atoms with Gasteiger partial charge in [-0.15, -0.1) is 22.7 Å². The lowest BCUT2D eigenvalue weighted by Gasteiger charge is -2.21. The van der Waals surface area contributed by atoms with Crippen LogP contribution in [-0.4, -0.2) is 17.3 Å². The Hall–Kier alpha value is -1.41. The van der Waals surface area contributed by atoms with E-state index >= 15 is 0 Å². The van der Waals surface area contributed by atoms with Crippen molar-refractivity contribution in [2.75, 3.05) is 0 Å². The molecule has 0 spiro atoms. The van der Waals surface area contributed by atoms with Gasteiger partial charge >= 0.3 is 0 Å². The molecule has 0 amide bonds. The quantitative estimate of drug-likeness (QED) is 0.619. The first-order valence-electron chi connectivity index (χ1n) is 7.72. The summed E-state index contributed by atoms with van der Waals surface area (Å²) < 4.78 is 30.3. The second-order valence-electron chi connectivity index (χ2n) is 5.54. The minimum absolute atomic E-state index is 0.364. The lowest BCUT2D eigenvalue weighted by atomic mass is 10.4. The zero-order chi connectivity index (χ0) is 17.2. The maximum atomic E-state index is 13.2. The molecular weight excluding hydrogens is 360 g/mol. The summed E-state index contributed by atoms with van der Waals surface area (Å²) in [6.07, 6.45) is 2.79. The van der Waals surface area contributed by atoms with Crippen molar-refractivity contribution in [2.45, 2.75) is 30.6 Å². The summed E-state index contributed by atoms with van der Waals surface area (Å²) in [5.74, 6) is 0. The Morgan fingerprint density at radius 1 is 1.08 bits per heavy atom. The third kappa shape index (κ3) is 3.64. The summed E-state index contributed by atoms with van der Waals surface area (Å²) in [7, 11) is -1.58. The molecule has 4 nitrogen and oxygen atoms in total. The first-order valence-corrected chi connectivity index (χ1v) is 10.9. The lowest BCUT2D eigenvalue weighted by molar-refractivity contribution is 0.396. The highest BCUT2D eigenvalue weighted by Gasteiger charge is 2.27. The van der Waals surface area contributed by atoms with Crippen molar-refractivity contribution >= 4 is 32.7 Å². The number of aromatic nitrogens is 1. The van der Waals surface area contributed by atoms with Crippen LogP contribution < -0.4 is 0 Å². The molecule has 0 fully saturated rings. The molecule has 0 atom stereocenters. The van der Waals surface area contributed by atoms with E-state index in [4.69, 9.17) is 0 Å². The summed E-state index contributed by atoms with van der Waals surface area (Å²) >= 11 is 2.94. The van der Waals surface area contributed by atoms with E-state index in [2.05, 4.69) is 0 Å². The number of nitrogens with zero attached hydrogens (tertiary/aromatic N) is 2. The van der Waals surface area contributed by atoms with E-state index in [1.54, 1.807) is 21.7 Å². The van der Waals surface area contributed by atoms with Gasteiger partial charge in [-0.05, 0) is 42.1 Å². The van der Waals surface area contributed by atoms with Crippen LogP contribution >= 0.6 is 22.7 Å². The van der Waals surface area contributed by atoms with Crippen molar-refractivity contribution in [3.63, 3.8) is 0 Å². The summed E-state index contributed by atoms with van der Waals surface area (Å²) in [6.45, 7) is 2.79. The monoisotopic (exact) mass is 380 g/mol. The molecule has 128 valence electrons. The smallest absolute Gasteiger partial charge is 0.253 e. The van der Waals surface area contributed by atoms with Crippen LogP contribution in [-0.2, 0) is 36.6 Å². The molecule has 0 aliphatic rings. The highest BCUT2D eigenvalue weighted by molar-refractivity contribution is 7.91. The standard InChI is InChI=1S/C17H20N2O2S3/c1-3-15-8-9-17(23-15)24(20,21)19(13-16-7-5-11-22-16)12-14-6-4-10-18(14)2/h4-11H,3,12-13H2,1-2H3. The van der Waals surface area contributed by atoms with Gasteiger partial charge in [0, 0.05) is 35.2 Å². The van der Waals surface area contributed by atoms with E-state index in [1.165, 1.54) is 11.3 Å². The fourth-order valence-electron chi connectivity index (χ4n) is 2.46. The van der Waals surface area contributed by atoms with Crippen molar-refractivity contribution in [2.24, 2.45) is 7.05 Å². The van der Waals surface area contributed by atoms with Crippen LogP contribution in [0.25, 0.3) is 0 Å². The molecule has 0 radical (unpaired) electrons. The van der Waals surface area contributed by atoms with Gasteiger partial charge in [-0.3, -0.25) is 0 Å². The largest absolute Gasteiger partial charge is 0.353 e. The predicted octanol–water partition coefficient (Wildman–Crippen LogP) is 4.10. The minimum atomic E-state index is -3.51. The second-order valence-corrected chi connectivity index (χ2v) is 9.90. The van der Waals surface area contributed by atoms with Crippen molar-refractivity contribution in [3.05, 3.63) is 63.4 Å². The van der Waals surface area contributed by atoms with E-state index in [0.717, 1.165) is 21.9 Å². The van der Waals surface area contributed by atoms with Crippen molar-refractivity contribution < 1.29 is 8.42 Å². The number of sulfonamides is 1. The molecule has 0 saturated heterocycles. The maximum Gasteiger partial charge on any atom is 0.253 e. The molecular formula is C17H20N2O2S3. The lowest BCUT2D eigenvalue weighted by Crippen LogP contribution is -2.30. The Morgan fingerprint density at radius 3 is 2.50 bits per heavy atom. The molecule has 0 aliphatic carbocycles. The molecule has 0 unspecified atom stereocenters. The first-order chi connectivity index (χ1) is 11.5. The molecule has 3 rings (SSSR count). The SMILES string of the molecule is CCc1ccc(S(=O)(=O)N(Cc2cccs2)Cc2cccn2C)s1. The average Bonchev–Trinajstić information content (AvgIpc) is 3.29. The van der Waals surface area contributed by atoms with Crippen LogP contribution in [0.3, 0.4) is 0 Å². The Bertz CT molecular complexity index is 892. The Balaban J connectivity index is 1.94. The van der Waals surface area contributed by atoms with Gasteiger partial charge in [0.25, 0.3) is 10.0 Å². The van der Waals surface area contributed by atoms with Gasteiger partial charge in [0.15, 0.2) is 0 Å². The Kier molecular flexibility index (Phi) is 5.24. The average molecular weight is 381 g/mol. The maximum absolute atomic E-state index is 13.2. The number of hydrogen-bond donors (Lipinski definition) is 0. The summed E-state index contributed by atoms with van der Waals surface area (Å²) in [6, 6.07) is 11.5. The van der Waals surface area contributed by atoms with E-state index in [1.807, 2.05) is 60.4 Å². The van der Waals surface area contributed by atoms with Crippen molar-refractivity contribution in [3.8, 4) is 0 Å². The van der Waals surface area contributed by atoms with Crippen LogP contribution in [0.5, 0.6) is 0 Å². The normalized spacial score (nSPS) is 12.1. The third-order valence-electron chi connectivity index (χ3n) is 3.88. The van der Waals surface area contributed by atoms with Gasteiger partial charge in [0.2, 0.25) is 0 Å². The zero-order valence-electron chi connectivity index (χ0n) is 13.7. The van der Waals surface area contributed by atoms with Crippen LogP contribution in [0.15, 0.2) is 52.2 Å². The molecule has 0 saturated carbocycles. The number of aryl methyl sites for hydroxylation is 2. The highest BCUT2D eigenvalue weighted by Crippen LogP contribution is 2.28. The zero-order valence-corrected chi connectivity index (χ0v) is 16.1. The second kappa shape index (κ2) is 7.23. The summed E-state index contributed by atoms with van der Waals surface area (Å²) in [5, 5.41) is 1.98. The van der Waals surface area contributed by atoms with E-state index in [-0.39, 0.29) is 0 Å². The number of rotatable bonds is 7. The van der Waals surface area contributed by atoms with Crippen molar-refractivity contribution in [1.29, 1.82) is 0 Å². The van der Waals surface area contributed by atoms with Crippen LogP contribution in [0.2, 0.25) is 0 Å². The van der Waals surface area contributed by atoms with Gasteiger partial charge in [0.1, 0.15) is 4.21 Å². The van der Waals surface area contributed by atoms with Crippen LogP contribution in [0, 0.1) is 0 Å². The van der Waals surface area contributed by atoms with Crippen LogP contribution in [0.1, 0.15) is 22.4 Å². The summed E-state index contributed by atoms with van der Waals surface area (Å²) in [5.41, 5.74) is 0.974. The molecule has 0 aromatic carbocycles. The van der Waals surface area contributed by atoms with Gasteiger partial charge in [0.05, 0.1) is 6.54 Å². The molecule has 7 heteroatoms. The number of hydrogen-bond acceptors (Lipinski definition) is 4. The Labute approximate surface area is 151 Å². The van der Waals surface area contributed by atoms with Gasteiger partial charge in [-0.1, -0.05) is 13.0 Å². The molecule has 3 aromatic heterocycles. The van der Waals surface area contributed by atoms with E-state index in [9.17, 15) is 8.42 Å². The van der Waals surface area contributed by atoms with Gasteiger partial charge in [-0.2, -0.15) is 4.31 Å². The first kappa shape index (κ1) is 17.4. The van der Waals surface area contributed by atoms with E-state index in [0.29, 0.717) is 17.3 Å². The van der Waals surface area contributed by atoms with Crippen LogP contribution in [0.4, 0.5) is 0 Å². The predicted molar refractivity (Wildman–Crippen MR) is 99.9 cm³/mol. The fraction of sp³-hybridized carbons (Fsp3) is 0.294. The van der Waals surface area contributed by atoms with Crippen molar-refractivity contribution in [1.82, 2.24) is 8.87 Å². The molecule has 24 heavy (non-hydrogen) atoms. The molecule has 0 N–H and O–H groups in total. The molecule has 3 aromatic rings. The van der Waals surface area contributed by atoms with E-state index < -0.39 is 10.0 Å².